The zero-order valence-electron chi connectivity index (χ0n) is 37.4. The summed E-state index contributed by atoms with van der Waals surface area (Å²) in [5.41, 5.74) is 1.12. The molecule has 0 spiro atoms. The number of ketones is 1. The van der Waals surface area contributed by atoms with Crippen molar-refractivity contribution in [2.45, 2.75) is 137 Å². The fourth-order valence-electron chi connectivity index (χ4n) is 7.79. The van der Waals surface area contributed by atoms with E-state index in [0.717, 1.165) is 24.2 Å². The first-order valence-electron chi connectivity index (χ1n) is 21.0. The van der Waals surface area contributed by atoms with Crippen LogP contribution in [-0.2, 0) is 25.0 Å². The van der Waals surface area contributed by atoms with Gasteiger partial charge in [0.1, 0.15) is 11.5 Å². The lowest BCUT2D eigenvalue weighted by molar-refractivity contribution is -0.127. The van der Waals surface area contributed by atoms with Crippen LogP contribution in [0.25, 0.3) is 0 Å². The van der Waals surface area contributed by atoms with E-state index in [2.05, 4.69) is 124 Å². The molecule has 3 rings (SSSR count). The van der Waals surface area contributed by atoms with E-state index in [4.69, 9.17) is 18.3 Å². The molecule has 0 aliphatic rings. The summed E-state index contributed by atoms with van der Waals surface area (Å²) in [5, 5.41) is 13.9. The summed E-state index contributed by atoms with van der Waals surface area (Å²) in [6, 6.07) is 29.2. The highest BCUT2D eigenvalue weighted by molar-refractivity contribution is 6.99. The van der Waals surface area contributed by atoms with E-state index in [1.165, 1.54) is 10.4 Å². The van der Waals surface area contributed by atoms with E-state index in [1.54, 1.807) is 7.11 Å². The van der Waals surface area contributed by atoms with Gasteiger partial charge in [0.05, 0.1) is 32.5 Å². The standard InChI is InChI=1S/C48H76O6Si2/c1-35(31-36(2)46(54-55(13,14)47(6,7)8)38(4)32-52-34-40-26-28-41(51-12)29-27-40)25-30-44(49)39(5)45(50)37(3)33-53-56(48(9,10)11,42-21-17-15-18-22-42)43-23-19-16-20-24-43/h15-24,26-29,35-39,45-46,50H,25,30-34H2,1-14H3/t35-,36-,37-,38-,39-,45-,46+/m0/s1. The molecule has 0 bridgehead atoms. The average molecular weight is 805 g/mol. The van der Waals surface area contributed by atoms with Crippen molar-refractivity contribution in [2.24, 2.45) is 29.6 Å². The molecule has 0 amide bonds. The summed E-state index contributed by atoms with van der Waals surface area (Å²) in [6.07, 6.45) is 1.43. The molecule has 0 saturated heterocycles. The van der Waals surface area contributed by atoms with Crippen molar-refractivity contribution in [1.82, 2.24) is 0 Å². The van der Waals surface area contributed by atoms with Crippen molar-refractivity contribution in [3.63, 3.8) is 0 Å². The van der Waals surface area contributed by atoms with Gasteiger partial charge < -0.3 is 23.4 Å². The fourth-order valence-corrected chi connectivity index (χ4v) is 14.0. The Balaban J connectivity index is 1.63. The van der Waals surface area contributed by atoms with Gasteiger partial charge in [0.25, 0.3) is 8.32 Å². The summed E-state index contributed by atoms with van der Waals surface area (Å²) >= 11 is 0. The van der Waals surface area contributed by atoms with Gasteiger partial charge in [-0.1, -0.05) is 149 Å². The van der Waals surface area contributed by atoms with Crippen LogP contribution in [0.1, 0.15) is 101 Å². The highest BCUT2D eigenvalue weighted by atomic mass is 28.4. The number of carbonyl (C=O) groups excluding carboxylic acids is 1. The molecule has 312 valence electrons. The van der Waals surface area contributed by atoms with Crippen LogP contribution in [0.3, 0.4) is 0 Å². The van der Waals surface area contributed by atoms with Gasteiger partial charge in [-0.25, -0.2) is 0 Å². The molecule has 56 heavy (non-hydrogen) atoms. The van der Waals surface area contributed by atoms with Crippen molar-refractivity contribution >= 4 is 32.8 Å². The van der Waals surface area contributed by atoms with Gasteiger partial charge in [-0.05, 0) is 75.9 Å². The van der Waals surface area contributed by atoms with Crippen LogP contribution in [0.5, 0.6) is 5.75 Å². The SMILES string of the molecule is COc1ccc(COC[C@H](C)[C@H](O[Si](C)(C)C(C)(C)C)[C@@H](C)C[C@@H](C)CCC(=O)[C@H](C)[C@@H](O)[C@@H](C)CO[Si](c2ccccc2)(c2ccccc2)C(C)(C)C)cc1. The minimum atomic E-state index is -2.75. The maximum atomic E-state index is 13.7. The maximum Gasteiger partial charge on any atom is 0.261 e. The van der Waals surface area contributed by atoms with Gasteiger partial charge in [-0.3, -0.25) is 4.79 Å². The molecule has 0 saturated carbocycles. The third kappa shape index (κ3) is 12.7. The largest absolute Gasteiger partial charge is 0.497 e. The van der Waals surface area contributed by atoms with Gasteiger partial charge in [-0.2, -0.15) is 0 Å². The number of Topliss-reactive ketones (excluding diaryl/α,β-unsaturated/α-hetero) is 1. The number of aliphatic hydroxyl groups is 1. The average Bonchev–Trinajstić information content (AvgIpc) is 3.15. The number of benzene rings is 3. The molecular formula is C48H76O6Si2. The molecule has 0 heterocycles. The predicted molar refractivity (Wildman–Crippen MR) is 239 cm³/mol. The van der Waals surface area contributed by atoms with E-state index in [-0.39, 0.29) is 39.7 Å². The highest BCUT2D eigenvalue weighted by Gasteiger charge is 2.50. The van der Waals surface area contributed by atoms with E-state index >= 15 is 0 Å². The predicted octanol–water partition coefficient (Wildman–Crippen LogP) is 10.5. The second-order valence-electron chi connectivity index (χ2n) is 19.2. The summed E-state index contributed by atoms with van der Waals surface area (Å²) < 4.78 is 25.8. The van der Waals surface area contributed by atoms with Gasteiger partial charge >= 0.3 is 0 Å². The zero-order chi connectivity index (χ0) is 41.9. The number of carbonyl (C=O) groups is 1. The van der Waals surface area contributed by atoms with Crippen LogP contribution >= 0.6 is 0 Å². The first-order chi connectivity index (χ1) is 26.1. The summed E-state index contributed by atoms with van der Waals surface area (Å²) in [7, 11) is -3.14. The van der Waals surface area contributed by atoms with Crippen LogP contribution in [0, 0.1) is 29.6 Å². The summed E-state index contributed by atoms with van der Waals surface area (Å²) in [4.78, 5) is 13.7. The van der Waals surface area contributed by atoms with Crippen LogP contribution in [0.2, 0.25) is 23.2 Å². The van der Waals surface area contributed by atoms with Gasteiger partial charge in [-0.15, -0.1) is 0 Å². The minimum Gasteiger partial charge on any atom is -0.497 e. The number of aliphatic hydroxyl groups excluding tert-OH is 1. The number of rotatable bonds is 22. The van der Waals surface area contributed by atoms with E-state index < -0.39 is 28.7 Å². The fraction of sp³-hybridized carbons (Fsp3) is 0.604. The molecule has 0 unspecified atom stereocenters. The molecule has 0 aromatic heterocycles. The number of hydrogen-bond donors (Lipinski definition) is 1. The molecule has 0 aliphatic heterocycles. The molecule has 3 aromatic carbocycles. The van der Waals surface area contributed by atoms with Crippen molar-refractivity contribution in [1.29, 1.82) is 0 Å². The smallest absolute Gasteiger partial charge is 0.261 e. The lowest BCUT2D eigenvalue weighted by atomic mass is 9.83. The van der Waals surface area contributed by atoms with E-state index in [9.17, 15) is 9.90 Å². The van der Waals surface area contributed by atoms with Crippen molar-refractivity contribution in [2.75, 3.05) is 20.3 Å². The molecule has 8 heteroatoms. The Morgan fingerprint density at radius 2 is 1.25 bits per heavy atom. The lowest BCUT2D eigenvalue weighted by Crippen LogP contribution is -2.67. The third-order valence-electron chi connectivity index (χ3n) is 12.4. The normalized spacial score (nSPS) is 16.7. The topological polar surface area (TPSA) is 74.2 Å². The summed E-state index contributed by atoms with van der Waals surface area (Å²) in [6.45, 7) is 30.5. The van der Waals surface area contributed by atoms with Gasteiger partial charge in [0.2, 0.25) is 0 Å². The van der Waals surface area contributed by atoms with Crippen LogP contribution in [0.4, 0.5) is 0 Å². The second-order valence-corrected chi connectivity index (χ2v) is 28.3. The molecule has 3 aromatic rings. The van der Waals surface area contributed by atoms with Crippen LogP contribution < -0.4 is 15.1 Å². The molecule has 1 N–H and O–H groups in total. The van der Waals surface area contributed by atoms with Crippen LogP contribution in [-0.4, -0.2) is 60.1 Å². The van der Waals surface area contributed by atoms with Gasteiger partial charge in [0, 0.05) is 30.8 Å². The molecular weight excluding hydrogens is 729 g/mol. The van der Waals surface area contributed by atoms with Gasteiger partial charge in [0.15, 0.2) is 8.32 Å². The Labute approximate surface area is 343 Å². The minimum absolute atomic E-state index is 0.0436. The Hall–Kier alpha value is -2.60. The Bertz CT molecular complexity index is 1540. The third-order valence-corrected chi connectivity index (χ3v) is 21.9. The zero-order valence-corrected chi connectivity index (χ0v) is 39.4. The quantitative estimate of drug-likeness (QED) is 0.102. The van der Waals surface area contributed by atoms with Crippen molar-refractivity contribution in [3.05, 3.63) is 90.5 Å². The van der Waals surface area contributed by atoms with Crippen molar-refractivity contribution in [3.8, 4) is 5.75 Å². The second kappa shape index (κ2) is 20.9. The molecule has 0 fully saturated rings. The Kier molecular flexibility index (Phi) is 17.8. The molecule has 0 aliphatic carbocycles. The lowest BCUT2D eigenvalue weighted by Gasteiger charge is -2.44. The monoisotopic (exact) mass is 805 g/mol. The van der Waals surface area contributed by atoms with Crippen LogP contribution in [0.15, 0.2) is 84.9 Å². The summed E-state index contributed by atoms with van der Waals surface area (Å²) in [5.74, 6) is 1.08. The Morgan fingerprint density at radius 3 is 1.73 bits per heavy atom. The first-order valence-corrected chi connectivity index (χ1v) is 25.8. The molecule has 6 nitrogen and oxygen atoms in total. The number of hydrogen-bond acceptors (Lipinski definition) is 6. The number of ether oxygens (including phenoxy) is 2. The highest BCUT2D eigenvalue weighted by Crippen LogP contribution is 2.41. The first kappa shape index (κ1) is 47.8. The molecule has 0 radical (unpaired) electrons. The number of methoxy groups -OCH3 is 1. The maximum absolute atomic E-state index is 13.7. The van der Waals surface area contributed by atoms with E-state index in [1.807, 2.05) is 50.2 Å². The Morgan fingerprint density at radius 1 is 0.714 bits per heavy atom. The van der Waals surface area contributed by atoms with E-state index in [0.29, 0.717) is 32.2 Å². The van der Waals surface area contributed by atoms with Crippen molar-refractivity contribution < 1.29 is 28.2 Å². The molecule has 7 atom stereocenters.